The van der Waals surface area contributed by atoms with Gasteiger partial charge in [0.2, 0.25) is 0 Å². The molecule has 0 bridgehead atoms. The second-order valence-electron chi connectivity index (χ2n) is 5.64. The van der Waals surface area contributed by atoms with E-state index in [9.17, 15) is 4.39 Å². The van der Waals surface area contributed by atoms with Crippen molar-refractivity contribution in [3.05, 3.63) is 65.5 Å². The van der Waals surface area contributed by atoms with Crippen LogP contribution in [0.15, 0.2) is 53.4 Å². The van der Waals surface area contributed by atoms with Crippen molar-refractivity contribution in [1.29, 1.82) is 0 Å². The van der Waals surface area contributed by atoms with Crippen LogP contribution in [0.4, 0.5) is 4.39 Å². The lowest BCUT2D eigenvalue weighted by Gasteiger charge is -2.18. The number of alkyl halides is 1. The summed E-state index contributed by atoms with van der Waals surface area (Å²) in [5, 5.41) is 1.62. The first-order valence-electron chi connectivity index (χ1n) is 7.29. The molecule has 0 aromatic heterocycles. The van der Waals surface area contributed by atoms with Crippen LogP contribution in [0, 0.1) is 11.7 Å². The van der Waals surface area contributed by atoms with Gasteiger partial charge in [0, 0.05) is 15.5 Å². The zero-order chi connectivity index (χ0) is 14.7. The molecule has 1 aliphatic rings. The Hall–Kier alpha value is -0.800. The molecule has 0 spiro atoms. The minimum Gasteiger partial charge on any atom is -0.207 e. The highest BCUT2D eigenvalue weighted by Gasteiger charge is 2.24. The van der Waals surface area contributed by atoms with Crippen molar-refractivity contribution in [1.82, 2.24) is 0 Å². The monoisotopic (exact) mass is 364 g/mol. The van der Waals surface area contributed by atoms with Crippen LogP contribution in [-0.2, 0) is 12.8 Å². The van der Waals surface area contributed by atoms with E-state index in [0.29, 0.717) is 11.2 Å². The maximum atomic E-state index is 13.3. The SMILES string of the molecule is Fc1cccc(CC(CBr)CC2Cc3ccccc3S2)c1. The Balaban J connectivity index is 1.61. The Bertz CT molecular complexity index is 589. The lowest BCUT2D eigenvalue weighted by molar-refractivity contribution is 0.528. The molecular weight excluding hydrogens is 347 g/mol. The highest BCUT2D eigenvalue weighted by molar-refractivity contribution is 9.09. The van der Waals surface area contributed by atoms with Gasteiger partial charge in [0.05, 0.1) is 0 Å². The van der Waals surface area contributed by atoms with E-state index in [1.807, 2.05) is 17.8 Å². The lowest BCUT2D eigenvalue weighted by atomic mass is 9.94. The van der Waals surface area contributed by atoms with Crippen molar-refractivity contribution in [3.8, 4) is 0 Å². The molecule has 0 fully saturated rings. The summed E-state index contributed by atoms with van der Waals surface area (Å²) in [7, 11) is 0. The van der Waals surface area contributed by atoms with Crippen molar-refractivity contribution in [2.45, 2.75) is 29.4 Å². The van der Waals surface area contributed by atoms with Crippen LogP contribution in [0.25, 0.3) is 0 Å². The molecule has 1 heterocycles. The molecule has 2 aromatic carbocycles. The average Bonchev–Trinajstić information content (AvgIpc) is 2.89. The Morgan fingerprint density at radius 1 is 1.19 bits per heavy atom. The van der Waals surface area contributed by atoms with Crippen molar-refractivity contribution >= 4 is 27.7 Å². The molecule has 21 heavy (non-hydrogen) atoms. The van der Waals surface area contributed by atoms with E-state index in [0.717, 1.165) is 23.7 Å². The third kappa shape index (κ3) is 3.89. The van der Waals surface area contributed by atoms with E-state index in [1.54, 1.807) is 12.1 Å². The first-order chi connectivity index (χ1) is 10.2. The Labute approximate surface area is 138 Å². The fourth-order valence-corrected chi connectivity index (χ4v) is 4.90. The normalized spacial score (nSPS) is 18.5. The van der Waals surface area contributed by atoms with Gasteiger partial charge in [-0.05, 0) is 54.5 Å². The first-order valence-corrected chi connectivity index (χ1v) is 9.29. The highest BCUT2D eigenvalue weighted by atomic mass is 79.9. The van der Waals surface area contributed by atoms with Crippen LogP contribution >= 0.6 is 27.7 Å². The summed E-state index contributed by atoms with van der Waals surface area (Å²) in [6, 6.07) is 15.7. The zero-order valence-corrected chi connectivity index (χ0v) is 14.2. The van der Waals surface area contributed by atoms with E-state index in [1.165, 1.54) is 22.9 Å². The van der Waals surface area contributed by atoms with Gasteiger partial charge in [0.15, 0.2) is 0 Å². The number of hydrogen-bond donors (Lipinski definition) is 0. The van der Waals surface area contributed by atoms with E-state index in [-0.39, 0.29) is 5.82 Å². The summed E-state index contributed by atoms with van der Waals surface area (Å²) in [5.41, 5.74) is 2.58. The number of rotatable bonds is 5. The fourth-order valence-electron chi connectivity index (χ4n) is 2.96. The minimum atomic E-state index is -0.136. The van der Waals surface area contributed by atoms with Crippen molar-refractivity contribution < 1.29 is 4.39 Å². The molecular formula is C18H18BrFS. The number of halogens is 2. The van der Waals surface area contributed by atoms with Crippen LogP contribution < -0.4 is 0 Å². The summed E-state index contributed by atoms with van der Waals surface area (Å²) in [5.74, 6) is 0.419. The predicted octanol–water partition coefficient (Wildman–Crippen LogP) is 5.49. The standard InChI is InChI=1S/C18H18BrFS/c19-12-14(8-13-4-3-6-16(20)9-13)10-17-11-15-5-1-2-7-18(15)21-17/h1-7,9,14,17H,8,10-12H2. The second kappa shape index (κ2) is 6.97. The van der Waals surface area contributed by atoms with Crippen LogP contribution in [0.1, 0.15) is 17.5 Å². The molecule has 2 atom stereocenters. The summed E-state index contributed by atoms with van der Waals surface area (Å²) in [6.07, 6.45) is 3.27. The third-order valence-corrected chi connectivity index (χ3v) is 6.20. The molecule has 0 saturated carbocycles. The van der Waals surface area contributed by atoms with E-state index in [2.05, 4.69) is 40.2 Å². The molecule has 0 saturated heterocycles. The lowest BCUT2D eigenvalue weighted by Crippen LogP contribution is -2.14. The zero-order valence-electron chi connectivity index (χ0n) is 11.8. The molecule has 2 unspecified atom stereocenters. The van der Waals surface area contributed by atoms with Crippen LogP contribution in [0.5, 0.6) is 0 Å². The Morgan fingerprint density at radius 2 is 2.05 bits per heavy atom. The van der Waals surface area contributed by atoms with Crippen molar-refractivity contribution in [3.63, 3.8) is 0 Å². The average molecular weight is 365 g/mol. The summed E-state index contributed by atoms with van der Waals surface area (Å²) >= 11 is 5.63. The molecule has 0 radical (unpaired) electrons. The predicted molar refractivity (Wildman–Crippen MR) is 91.8 cm³/mol. The highest BCUT2D eigenvalue weighted by Crippen LogP contribution is 2.40. The summed E-state index contributed by atoms with van der Waals surface area (Å²) in [4.78, 5) is 1.43. The first kappa shape index (κ1) is 15.1. The maximum absolute atomic E-state index is 13.3. The number of fused-ring (bicyclic) bond motifs is 1. The topological polar surface area (TPSA) is 0 Å². The van der Waals surface area contributed by atoms with Gasteiger partial charge in [-0.25, -0.2) is 4.39 Å². The molecule has 3 rings (SSSR count). The number of hydrogen-bond acceptors (Lipinski definition) is 1. The van der Waals surface area contributed by atoms with Gasteiger partial charge in [-0.3, -0.25) is 0 Å². The molecule has 0 N–H and O–H groups in total. The smallest absolute Gasteiger partial charge is 0.123 e. The number of thioether (sulfide) groups is 1. The molecule has 0 amide bonds. The molecule has 0 aliphatic carbocycles. The third-order valence-electron chi connectivity index (χ3n) is 3.94. The largest absolute Gasteiger partial charge is 0.207 e. The molecule has 110 valence electrons. The Kier molecular flexibility index (Phi) is 5.02. The van der Waals surface area contributed by atoms with Gasteiger partial charge in [-0.2, -0.15) is 0 Å². The quantitative estimate of drug-likeness (QED) is 0.632. The fraction of sp³-hybridized carbons (Fsp3) is 0.333. The van der Waals surface area contributed by atoms with Gasteiger partial charge >= 0.3 is 0 Å². The van der Waals surface area contributed by atoms with Crippen LogP contribution in [-0.4, -0.2) is 10.6 Å². The van der Waals surface area contributed by atoms with Crippen LogP contribution in [0.3, 0.4) is 0 Å². The van der Waals surface area contributed by atoms with Gasteiger partial charge in [-0.15, -0.1) is 11.8 Å². The minimum absolute atomic E-state index is 0.136. The summed E-state index contributed by atoms with van der Waals surface area (Å²) in [6.45, 7) is 0. The molecule has 2 aromatic rings. The molecule has 3 heteroatoms. The van der Waals surface area contributed by atoms with Gasteiger partial charge < -0.3 is 0 Å². The second-order valence-corrected chi connectivity index (χ2v) is 7.63. The molecule has 1 aliphatic heterocycles. The van der Waals surface area contributed by atoms with Gasteiger partial charge in [0.1, 0.15) is 5.82 Å². The molecule has 0 nitrogen and oxygen atoms in total. The van der Waals surface area contributed by atoms with Gasteiger partial charge in [0.25, 0.3) is 0 Å². The van der Waals surface area contributed by atoms with Crippen LogP contribution in [0.2, 0.25) is 0 Å². The maximum Gasteiger partial charge on any atom is 0.123 e. The Morgan fingerprint density at radius 3 is 2.81 bits per heavy atom. The number of benzene rings is 2. The van der Waals surface area contributed by atoms with Gasteiger partial charge in [-0.1, -0.05) is 46.3 Å². The van der Waals surface area contributed by atoms with Crippen molar-refractivity contribution in [2.75, 3.05) is 5.33 Å². The van der Waals surface area contributed by atoms with E-state index < -0.39 is 0 Å². The van der Waals surface area contributed by atoms with Crippen molar-refractivity contribution in [2.24, 2.45) is 5.92 Å². The summed E-state index contributed by atoms with van der Waals surface area (Å²) < 4.78 is 13.3. The van der Waals surface area contributed by atoms with E-state index >= 15 is 0 Å². The van der Waals surface area contributed by atoms with E-state index in [4.69, 9.17) is 0 Å².